The highest BCUT2D eigenvalue weighted by molar-refractivity contribution is 7.92. The zero-order valence-corrected chi connectivity index (χ0v) is 24.0. The number of hydrogen-bond donors (Lipinski definition) is 1. The van der Waals surface area contributed by atoms with Crippen LogP contribution >= 0.6 is 0 Å². The van der Waals surface area contributed by atoms with Gasteiger partial charge in [-0.15, -0.1) is 0 Å². The van der Waals surface area contributed by atoms with Crippen LogP contribution in [0.15, 0.2) is 83.8 Å². The molecule has 0 saturated heterocycles. The van der Waals surface area contributed by atoms with E-state index in [1.165, 1.54) is 48.4 Å². The number of rotatable bonds is 14. The summed E-state index contributed by atoms with van der Waals surface area (Å²) >= 11 is 0. The second kappa shape index (κ2) is 14.3. The maximum Gasteiger partial charge on any atom is 0.269 e. The number of hydrogen-bond acceptors (Lipinski definition) is 7. The minimum absolute atomic E-state index is 0.0420. The summed E-state index contributed by atoms with van der Waals surface area (Å²) < 4.78 is 33.7. The van der Waals surface area contributed by atoms with Crippen LogP contribution in [0.4, 0.5) is 11.4 Å². The van der Waals surface area contributed by atoms with E-state index in [0.717, 1.165) is 4.31 Å². The Balaban J connectivity index is 2.05. The van der Waals surface area contributed by atoms with Gasteiger partial charge >= 0.3 is 0 Å². The molecular weight excluding hydrogens is 548 g/mol. The number of ether oxygens (including phenoxy) is 1. The van der Waals surface area contributed by atoms with Crippen molar-refractivity contribution in [3.8, 4) is 5.75 Å². The molecule has 0 radical (unpaired) electrons. The van der Waals surface area contributed by atoms with Crippen molar-refractivity contribution in [1.82, 2.24) is 10.2 Å². The largest absolute Gasteiger partial charge is 0.497 e. The van der Waals surface area contributed by atoms with Crippen LogP contribution in [0.1, 0.15) is 32.3 Å². The van der Waals surface area contributed by atoms with Crippen LogP contribution in [-0.2, 0) is 26.2 Å². The molecule has 0 aromatic heterocycles. The van der Waals surface area contributed by atoms with Gasteiger partial charge in [0, 0.05) is 25.2 Å². The minimum atomic E-state index is -4.27. The summed E-state index contributed by atoms with van der Waals surface area (Å²) in [6.07, 6.45) is 0.998. The first kappa shape index (κ1) is 31.1. The van der Waals surface area contributed by atoms with Crippen molar-refractivity contribution in [2.24, 2.45) is 0 Å². The molecule has 0 bridgehead atoms. The van der Waals surface area contributed by atoms with Crippen LogP contribution < -0.4 is 14.4 Å². The molecule has 0 aliphatic carbocycles. The first-order valence-electron chi connectivity index (χ1n) is 13.1. The zero-order chi connectivity index (χ0) is 30.0. The molecule has 41 heavy (non-hydrogen) atoms. The number of amides is 2. The van der Waals surface area contributed by atoms with Gasteiger partial charge in [-0.25, -0.2) is 8.42 Å². The third-order valence-corrected chi connectivity index (χ3v) is 8.19. The van der Waals surface area contributed by atoms with E-state index in [4.69, 9.17) is 4.74 Å². The highest BCUT2D eigenvalue weighted by Gasteiger charge is 2.33. The molecule has 2 amide bonds. The summed E-state index contributed by atoms with van der Waals surface area (Å²) in [4.78, 5) is 39.0. The van der Waals surface area contributed by atoms with E-state index in [1.54, 1.807) is 49.4 Å². The van der Waals surface area contributed by atoms with Gasteiger partial charge in [0.15, 0.2) is 0 Å². The molecule has 3 aromatic rings. The molecule has 0 aliphatic heterocycles. The maximum absolute atomic E-state index is 14.0. The summed E-state index contributed by atoms with van der Waals surface area (Å²) in [5.74, 6) is -0.334. The minimum Gasteiger partial charge on any atom is -0.497 e. The van der Waals surface area contributed by atoms with Crippen LogP contribution in [0.5, 0.6) is 5.75 Å². The fourth-order valence-corrected chi connectivity index (χ4v) is 5.64. The third-order valence-electron chi connectivity index (χ3n) is 6.41. The fourth-order valence-electron chi connectivity index (χ4n) is 4.20. The van der Waals surface area contributed by atoms with E-state index < -0.39 is 33.4 Å². The van der Waals surface area contributed by atoms with Gasteiger partial charge in [-0.2, -0.15) is 0 Å². The number of sulfonamides is 1. The smallest absolute Gasteiger partial charge is 0.269 e. The molecule has 3 aromatic carbocycles. The summed E-state index contributed by atoms with van der Waals surface area (Å²) in [7, 11) is -2.73. The number of carbonyl (C=O) groups excluding carboxylic acids is 2. The molecule has 0 heterocycles. The Kier molecular flexibility index (Phi) is 10.8. The lowest BCUT2D eigenvalue weighted by atomic mass is 10.1. The van der Waals surface area contributed by atoms with E-state index in [0.29, 0.717) is 30.7 Å². The second-order valence-corrected chi connectivity index (χ2v) is 11.0. The predicted molar refractivity (Wildman–Crippen MR) is 155 cm³/mol. The highest BCUT2D eigenvalue weighted by atomic mass is 32.2. The van der Waals surface area contributed by atoms with Crippen LogP contribution in [0.3, 0.4) is 0 Å². The molecule has 0 aliphatic rings. The molecule has 218 valence electrons. The van der Waals surface area contributed by atoms with Crippen molar-refractivity contribution in [2.75, 3.05) is 24.5 Å². The normalized spacial score (nSPS) is 11.8. The van der Waals surface area contributed by atoms with E-state index in [9.17, 15) is 28.1 Å². The number of methoxy groups -OCH3 is 1. The fraction of sp³-hybridized carbons (Fsp3) is 0.310. The molecule has 0 fully saturated rings. The Morgan fingerprint density at radius 3 is 2.15 bits per heavy atom. The summed E-state index contributed by atoms with van der Waals surface area (Å²) in [5, 5.41) is 14.0. The first-order valence-corrected chi connectivity index (χ1v) is 14.6. The van der Waals surface area contributed by atoms with E-state index in [-0.39, 0.29) is 28.7 Å². The standard InChI is InChI=1S/C29H34N4O7S/c1-4-19-30-29(35)27(5-2)31(20-22-11-17-25(40-3)18-12-22)28(34)21-32(23-13-15-24(16-14-23)33(36)37)41(38,39)26-9-7-6-8-10-26/h6-18,27H,4-5,19-21H2,1-3H3,(H,30,35)/t27-/m0/s1. The Labute approximate surface area is 239 Å². The molecule has 0 saturated carbocycles. The molecule has 11 nitrogen and oxygen atoms in total. The molecule has 0 spiro atoms. The lowest BCUT2D eigenvalue weighted by molar-refractivity contribution is -0.384. The number of anilines is 1. The van der Waals surface area contributed by atoms with E-state index in [1.807, 2.05) is 6.92 Å². The maximum atomic E-state index is 14.0. The molecule has 1 N–H and O–H groups in total. The quantitative estimate of drug-likeness (QED) is 0.223. The average molecular weight is 583 g/mol. The molecule has 3 rings (SSSR count). The van der Waals surface area contributed by atoms with Crippen LogP contribution in [0.2, 0.25) is 0 Å². The van der Waals surface area contributed by atoms with Gasteiger partial charge in [0.25, 0.3) is 15.7 Å². The molecular formula is C29H34N4O7S. The van der Waals surface area contributed by atoms with Gasteiger partial charge in [-0.1, -0.05) is 44.2 Å². The number of carbonyl (C=O) groups is 2. The van der Waals surface area contributed by atoms with Crippen LogP contribution in [0.25, 0.3) is 0 Å². The van der Waals surface area contributed by atoms with Crippen molar-refractivity contribution in [2.45, 2.75) is 44.2 Å². The lowest BCUT2D eigenvalue weighted by Crippen LogP contribution is -2.52. The van der Waals surface area contributed by atoms with Crippen molar-refractivity contribution in [3.63, 3.8) is 0 Å². The number of nitrogens with one attached hydrogen (secondary N) is 1. The SMILES string of the molecule is CCCNC(=O)[C@H](CC)N(Cc1ccc(OC)cc1)C(=O)CN(c1ccc([N+](=O)[O-])cc1)S(=O)(=O)c1ccccc1. The van der Waals surface area contributed by atoms with Gasteiger partial charge < -0.3 is 15.0 Å². The van der Waals surface area contributed by atoms with Gasteiger partial charge in [0.05, 0.1) is 22.6 Å². The second-order valence-electron chi connectivity index (χ2n) is 9.18. The predicted octanol–water partition coefficient (Wildman–Crippen LogP) is 4.13. The van der Waals surface area contributed by atoms with Crippen LogP contribution in [0, 0.1) is 10.1 Å². The van der Waals surface area contributed by atoms with Crippen LogP contribution in [-0.4, -0.2) is 56.3 Å². The van der Waals surface area contributed by atoms with Gasteiger partial charge in [0.2, 0.25) is 11.8 Å². The number of nitro groups is 1. The number of non-ortho nitro benzene ring substituents is 1. The topological polar surface area (TPSA) is 139 Å². The number of nitro benzene ring substituents is 1. The Hall–Kier alpha value is -4.45. The monoisotopic (exact) mass is 582 g/mol. The van der Waals surface area contributed by atoms with Crippen molar-refractivity contribution in [3.05, 3.63) is 94.5 Å². The Morgan fingerprint density at radius 2 is 1.61 bits per heavy atom. The zero-order valence-electron chi connectivity index (χ0n) is 23.2. The van der Waals surface area contributed by atoms with E-state index >= 15 is 0 Å². The Bertz CT molecular complexity index is 1430. The summed E-state index contributed by atoms with van der Waals surface area (Å²) in [6.45, 7) is 3.53. The van der Waals surface area contributed by atoms with Gasteiger partial charge in [0.1, 0.15) is 18.3 Å². The average Bonchev–Trinajstić information content (AvgIpc) is 2.99. The first-order chi connectivity index (χ1) is 19.6. The number of nitrogens with zero attached hydrogens (tertiary/aromatic N) is 3. The lowest BCUT2D eigenvalue weighted by Gasteiger charge is -2.33. The third kappa shape index (κ3) is 7.82. The molecule has 12 heteroatoms. The van der Waals surface area contributed by atoms with Crippen molar-refractivity contribution in [1.29, 1.82) is 0 Å². The molecule has 0 unspecified atom stereocenters. The Morgan fingerprint density at radius 1 is 0.976 bits per heavy atom. The molecule has 1 atom stereocenters. The van der Waals surface area contributed by atoms with Crippen molar-refractivity contribution < 1.29 is 27.7 Å². The highest BCUT2D eigenvalue weighted by Crippen LogP contribution is 2.27. The summed E-state index contributed by atoms with van der Waals surface area (Å²) in [5.41, 5.74) is 0.561. The van der Waals surface area contributed by atoms with Crippen molar-refractivity contribution >= 4 is 33.2 Å². The van der Waals surface area contributed by atoms with E-state index in [2.05, 4.69) is 5.32 Å². The van der Waals surface area contributed by atoms with Gasteiger partial charge in [-0.3, -0.25) is 24.0 Å². The summed E-state index contributed by atoms with van der Waals surface area (Å²) in [6, 6.07) is 18.6. The van der Waals surface area contributed by atoms with Gasteiger partial charge in [-0.05, 0) is 54.8 Å². The number of benzene rings is 3.